The van der Waals surface area contributed by atoms with E-state index in [1.54, 1.807) is 26.0 Å². The van der Waals surface area contributed by atoms with E-state index in [1.807, 2.05) is 0 Å². The van der Waals surface area contributed by atoms with Crippen LogP contribution in [0.2, 0.25) is 0 Å². The quantitative estimate of drug-likeness (QED) is 0.427. The monoisotopic (exact) mass is 431 g/mol. The molecule has 0 saturated carbocycles. The van der Waals surface area contributed by atoms with Crippen molar-refractivity contribution in [3.8, 4) is 0 Å². The minimum Gasteiger partial charge on any atom is -0.340 e. The molecule has 1 amide bonds. The maximum absolute atomic E-state index is 12.7. The van der Waals surface area contributed by atoms with E-state index in [-0.39, 0.29) is 27.7 Å². The topological polar surface area (TPSA) is 157 Å². The molecule has 0 aliphatic carbocycles. The minimum atomic E-state index is -4.18. The first-order valence-corrected chi connectivity index (χ1v) is 10.1. The third-order valence-corrected chi connectivity index (χ3v) is 5.38. The Hall–Kier alpha value is -3.80. The molecule has 30 heavy (non-hydrogen) atoms. The number of hydrogen-bond acceptors (Lipinski definition) is 8. The summed E-state index contributed by atoms with van der Waals surface area (Å²) in [6.07, 6.45) is 0. The van der Waals surface area contributed by atoms with Gasteiger partial charge in [-0.05, 0) is 32.0 Å². The molecule has 156 valence electrons. The summed E-state index contributed by atoms with van der Waals surface area (Å²) in [6.45, 7) is 3.28. The molecule has 0 bridgehead atoms. The van der Waals surface area contributed by atoms with Gasteiger partial charge in [-0.15, -0.1) is 0 Å². The second kappa shape index (κ2) is 8.29. The fourth-order valence-corrected chi connectivity index (χ4v) is 3.68. The maximum Gasteiger partial charge on any atom is 0.270 e. The summed E-state index contributed by atoms with van der Waals surface area (Å²) in [5, 5.41) is 17.2. The second-order valence-electron chi connectivity index (χ2n) is 6.28. The van der Waals surface area contributed by atoms with Gasteiger partial charge < -0.3 is 9.84 Å². The highest BCUT2D eigenvalue weighted by atomic mass is 32.2. The highest BCUT2D eigenvalue weighted by Gasteiger charge is 2.22. The molecule has 0 radical (unpaired) electrons. The van der Waals surface area contributed by atoms with Crippen LogP contribution in [0, 0.1) is 17.0 Å². The standard InChI is InChI=1S/C18H17N5O6S/c1-11(18-20-12(2)21-29-18)19-17(24)15-8-3-4-9-16(15)22-30(27,28)14-7-5-6-13(10-14)23(25)26/h3-11,22H,1-2H3,(H,19,24). The molecule has 2 aromatic carbocycles. The zero-order valence-electron chi connectivity index (χ0n) is 15.9. The van der Waals surface area contributed by atoms with Gasteiger partial charge >= 0.3 is 0 Å². The Morgan fingerprint density at radius 1 is 1.20 bits per heavy atom. The molecule has 0 fully saturated rings. The molecule has 1 unspecified atom stereocenters. The molecule has 12 heteroatoms. The lowest BCUT2D eigenvalue weighted by molar-refractivity contribution is -0.385. The highest BCUT2D eigenvalue weighted by molar-refractivity contribution is 7.92. The number of nitro benzene ring substituents is 1. The van der Waals surface area contributed by atoms with Crippen LogP contribution in [-0.4, -0.2) is 29.4 Å². The van der Waals surface area contributed by atoms with Crippen molar-refractivity contribution in [2.45, 2.75) is 24.8 Å². The number of nitrogens with one attached hydrogen (secondary N) is 2. The predicted molar refractivity (Wildman–Crippen MR) is 105 cm³/mol. The van der Waals surface area contributed by atoms with Crippen LogP contribution in [0.1, 0.15) is 35.0 Å². The molecule has 0 aliphatic heterocycles. The molecular formula is C18H17N5O6S. The molecule has 3 rings (SSSR count). The molecule has 1 aromatic heterocycles. The molecule has 1 atom stereocenters. The molecule has 0 saturated heterocycles. The summed E-state index contributed by atoms with van der Waals surface area (Å²) in [4.78, 5) is 26.7. The average molecular weight is 431 g/mol. The number of anilines is 1. The third-order valence-electron chi connectivity index (χ3n) is 4.02. The van der Waals surface area contributed by atoms with Gasteiger partial charge in [0.25, 0.3) is 21.6 Å². The summed E-state index contributed by atoms with van der Waals surface area (Å²) in [7, 11) is -4.18. The Bertz CT molecular complexity index is 1210. The Morgan fingerprint density at radius 2 is 1.93 bits per heavy atom. The normalized spacial score (nSPS) is 12.2. The van der Waals surface area contributed by atoms with Crippen molar-refractivity contribution in [2.75, 3.05) is 4.72 Å². The summed E-state index contributed by atoms with van der Waals surface area (Å²) in [5.41, 5.74) is -0.308. The number of carbonyl (C=O) groups is 1. The number of carbonyl (C=O) groups excluding carboxylic acids is 1. The fraction of sp³-hybridized carbons (Fsp3) is 0.167. The highest BCUT2D eigenvalue weighted by Crippen LogP contribution is 2.23. The van der Waals surface area contributed by atoms with Gasteiger partial charge in [-0.3, -0.25) is 19.6 Å². The number of nitrogens with zero attached hydrogens (tertiary/aromatic N) is 3. The first-order chi connectivity index (χ1) is 14.2. The summed E-state index contributed by atoms with van der Waals surface area (Å²) in [6, 6.07) is 9.95. The van der Waals surface area contributed by atoms with Gasteiger partial charge in [-0.2, -0.15) is 4.98 Å². The van der Waals surface area contributed by atoms with Gasteiger partial charge in [-0.25, -0.2) is 8.42 Å². The summed E-state index contributed by atoms with van der Waals surface area (Å²) < 4.78 is 32.7. The number of amides is 1. The van der Waals surface area contributed by atoms with Crippen LogP contribution in [0.15, 0.2) is 57.9 Å². The van der Waals surface area contributed by atoms with Crippen LogP contribution in [0.4, 0.5) is 11.4 Å². The first-order valence-electron chi connectivity index (χ1n) is 8.65. The van der Waals surface area contributed by atoms with Crippen molar-refractivity contribution in [1.82, 2.24) is 15.5 Å². The molecular weight excluding hydrogens is 414 g/mol. The maximum atomic E-state index is 12.7. The van der Waals surface area contributed by atoms with Gasteiger partial charge in [0.05, 0.1) is 21.1 Å². The molecule has 1 heterocycles. The van der Waals surface area contributed by atoms with E-state index in [9.17, 15) is 23.3 Å². The van der Waals surface area contributed by atoms with Gasteiger partial charge in [0.15, 0.2) is 5.82 Å². The zero-order chi connectivity index (χ0) is 21.9. The Balaban J connectivity index is 1.85. The van der Waals surface area contributed by atoms with Crippen LogP contribution in [-0.2, 0) is 10.0 Å². The summed E-state index contributed by atoms with van der Waals surface area (Å²) in [5.74, 6) is 0.0439. The second-order valence-corrected chi connectivity index (χ2v) is 7.96. The minimum absolute atomic E-state index is 0.00964. The number of non-ortho nitro benzene ring substituents is 1. The van der Waals surface area contributed by atoms with E-state index < -0.39 is 26.9 Å². The lowest BCUT2D eigenvalue weighted by Crippen LogP contribution is -2.28. The van der Waals surface area contributed by atoms with E-state index in [1.165, 1.54) is 30.3 Å². The Labute approximate surface area is 171 Å². The summed E-state index contributed by atoms with van der Waals surface area (Å²) >= 11 is 0. The number of sulfonamides is 1. The number of hydrogen-bond donors (Lipinski definition) is 2. The van der Waals surface area contributed by atoms with Crippen molar-refractivity contribution in [3.05, 3.63) is 75.9 Å². The average Bonchev–Trinajstić information content (AvgIpc) is 3.14. The van der Waals surface area contributed by atoms with E-state index in [0.717, 1.165) is 6.07 Å². The number of aryl methyl sites for hydroxylation is 1. The number of para-hydroxylation sites is 1. The lowest BCUT2D eigenvalue weighted by atomic mass is 10.1. The van der Waals surface area contributed by atoms with Crippen LogP contribution in [0.5, 0.6) is 0 Å². The van der Waals surface area contributed by atoms with E-state index in [2.05, 4.69) is 20.2 Å². The van der Waals surface area contributed by atoms with Gasteiger partial charge in [-0.1, -0.05) is 23.4 Å². The van der Waals surface area contributed by atoms with E-state index in [0.29, 0.717) is 5.82 Å². The van der Waals surface area contributed by atoms with E-state index in [4.69, 9.17) is 4.52 Å². The molecule has 11 nitrogen and oxygen atoms in total. The fourth-order valence-electron chi connectivity index (χ4n) is 2.56. The number of benzene rings is 2. The van der Waals surface area contributed by atoms with Gasteiger partial charge in [0.2, 0.25) is 5.89 Å². The van der Waals surface area contributed by atoms with Crippen molar-refractivity contribution < 1.29 is 22.7 Å². The molecule has 3 aromatic rings. The van der Waals surface area contributed by atoms with Crippen molar-refractivity contribution in [3.63, 3.8) is 0 Å². The van der Waals surface area contributed by atoms with Crippen LogP contribution in [0.25, 0.3) is 0 Å². The Morgan fingerprint density at radius 3 is 2.60 bits per heavy atom. The number of nitro groups is 1. The molecule has 2 N–H and O–H groups in total. The molecule has 0 aliphatic rings. The van der Waals surface area contributed by atoms with Crippen LogP contribution >= 0.6 is 0 Å². The predicted octanol–water partition coefficient (Wildman–Crippen LogP) is 2.58. The van der Waals surface area contributed by atoms with Crippen molar-refractivity contribution >= 4 is 27.3 Å². The third kappa shape index (κ3) is 4.60. The van der Waals surface area contributed by atoms with Crippen molar-refractivity contribution in [2.24, 2.45) is 0 Å². The van der Waals surface area contributed by atoms with Crippen molar-refractivity contribution in [1.29, 1.82) is 0 Å². The van der Waals surface area contributed by atoms with Gasteiger partial charge in [0, 0.05) is 12.1 Å². The van der Waals surface area contributed by atoms with Crippen LogP contribution < -0.4 is 10.0 Å². The largest absolute Gasteiger partial charge is 0.340 e. The smallest absolute Gasteiger partial charge is 0.270 e. The zero-order valence-corrected chi connectivity index (χ0v) is 16.7. The molecule has 0 spiro atoms. The number of aromatic nitrogens is 2. The Kier molecular flexibility index (Phi) is 5.78. The number of rotatable bonds is 7. The lowest BCUT2D eigenvalue weighted by Gasteiger charge is -2.14. The first kappa shape index (κ1) is 20.9. The van der Waals surface area contributed by atoms with E-state index >= 15 is 0 Å². The van der Waals surface area contributed by atoms with Gasteiger partial charge in [0.1, 0.15) is 6.04 Å². The SMILES string of the molecule is Cc1noc(C(C)NC(=O)c2ccccc2NS(=O)(=O)c2cccc([N+](=O)[O-])c2)n1. The van der Waals surface area contributed by atoms with Crippen LogP contribution in [0.3, 0.4) is 0 Å².